The van der Waals surface area contributed by atoms with Gasteiger partial charge in [-0.25, -0.2) is 13.8 Å². The van der Waals surface area contributed by atoms with Gasteiger partial charge in [-0.3, -0.25) is 4.79 Å². The van der Waals surface area contributed by atoms with Crippen molar-refractivity contribution in [1.29, 1.82) is 0 Å². The number of amides is 1. The van der Waals surface area contributed by atoms with Gasteiger partial charge >= 0.3 is 0 Å². The topological polar surface area (TPSA) is 94.5 Å². The number of carbonyl (C=O) groups excluding carboxylic acids is 1. The number of aliphatic hydroxyl groups is 1. The third-order valence-electron chi connectivity index (χ3n) is 5.25. The molecule has 0 saturated carbocycles. The maximum atomic E-state index is 13.7. The molecule has 0 radical (unpaired) electrons. The molecule has 3 rings (SSSR count). The summed E-state index contributed by atoms with van der Waals surface area (Å²) in [5.41, 5.74) is 2.75. The van der Waals surface area contributed by atoms with E-state index < -0.39 is 29.7 Å². The molecule has 0 spiro atoms. The molecule has 0 bridgehead atoms. The second kappa shape index (κ2) is 11.5. The molecule has 0 aliphatic heterocycles. The molecule has 174 valence electrons. The van der Waals surface area contributed by atoms with Crippen molar-refractivity contribution in [2.75, 3.05) is 6.54 Å². The van der Waals surface area contributed by atoms with Gasteiger partial charge in [0.2, 0.25) is 5.88 Å². The van der Waals surface area contributed by atoms with Gasteiger partial charge in [-0.2, -0.15) is 0 Å². The van der Waals surface area contributed by atoms with Gasteiger partial charge in [0.1, 0.15) is 11.6 Å². The number of carbonyl (C=O) groups is 1. The normalized spacial score (nSPS) is 12.8. The van der Waals surface area contributed by atoms with Crippen LogP contribution >= 0.6 is 0 Å². The van der Waals surface area contributed by atoms with Crippen molar-refractivity contribution in [2.24, 2.45) is 0 Å². The lowest BCUT2D eigenvalue weighted by atomic mass is 10.00. The zero-order valence-electron chi connectivity index (χ0n) is 18.3. The van der Waals surface area contributed by atoms with Crippen LogP contribution in [0.15, 0.2) is 60.8 Å². The van der Waals surface area contributed by atoms with E-state index in [2.05, 4.69) is 28.6 Å². The first kappa shape index (κ1) is 24.3. The lowest BCUT2D eigenvalue weighted by molar-refractivity contribution is 0.0829. The summed E-state index contributed by atoms with van der Waals surface area (Å²) in [6.07, 6.45) is 1.09. The molecule has 1 heterocycles. The molecule has 6 nitrogen and oxygen atoms in total. The summed E-state index contributed by atoms with van der Waals surface area (Å²) >= 11 is 0. The Hall–Kier alpha value is -3.36. The summed E-state index contributed by atoms with van der Waals surface area (Å²) in [5, 5.41) is 26.0. The number of aromatic hydroxyl groups is 1. The van der Waals surface area contributed by atoms with E-state index in [0.717, 1.165) is 18.1 Å². The fourth-order valence-corrected chi connectivity index (χ4v) is 3.50. The van der Waals surface area contributed by atoms with Crippen LogP contribution in [0.4, 0.5) is 8.78 Å². The van der Waals surface area contributed by atoms with Crippen LogP contribution in [0.1, 0.15) is 34.0 Å². The minimum atomic E-state index is -1.04. The Morgan fingerprint density at radius 2 is 1.76 bits per heavy atom. The van der Waals surface area contributed by atoms with E-state index in [0.29, 0.717) is 12.1 Å². The summed E-state index contributed by atoms with van der Waals surface area (Å²) in [4.78, 5) is 16.3. The van der Waals surface area contributed by atoms with Gasteiger partial charge in [-0.15, -0.1) is 0 Å². The SMILES string of the molecule is CCc1cccc(CNC[C@@H](O)[C@H](Cc2cc(F)cc(F)c2)NC(=O)c2ccc(O)nc2)c1. The van der Waals surface area contributed by atoms with Crippen LogP contribution in [-0.4, -0.2) is 39.8 Å². The highest BCUT2D eigenvalue weighted by atomic mass is 19.1. The summed E-state index contributed by atoms with van der Waals surface area (Å²) in [6.45, 7) is 2.73. The molecule has 3 aromatic rings. The van der Waals surface area contributed by atoms with E-state index in [1.807, 2.05) is 18.2 Å². The van der Waals surface area contributed by atoms with Crippen molar-refractivity contribution < 1.29 is 23.8 Å². The first-order valence-corrected chi connectivity index (χ1v) is 10.7. The lowest BCUT2D eigenvalue weighted by Crippen LogP contribution is -2.48. The molecule has 2 aromatic carbocycles. The summed E-state index contributed by atoms with van der Waals surface area (Å²) in [5.74, 6) is -2.23. The number of aliphatic hydroxyl groups excluding tert-OH is 1. The molecular weight excluding hydrogens is 428 g/mol. The summed E-state index contributed by atoms with van der Waals surface area (Å²) in [7, 11) is 0. The molecular formula is C25H27F2N3O3. The predicted octanol–water partition coefficient (Wildman–Crippen LogP) is 3.12. The summed E-state index contributed by atoms with van der Waals surface area (Å²) in [6, 6.07) is 13.0. The number of hydrogen-bond acceptors (Lipinski definition) is 5. The van der Waals surface area contributed by atoms with E-state index in [1.165, 1.54) is 36.0 Å². The third-order valence-corrected chi connectivity index (χ3v) is 5.25. The lowest BCUT2D eigenvalue weighted by Gasteiger charge is -2.25. The zero-order chi connectivity index (χ0) is 23.8. The molecule has 0 aliphatic carbocycles. The Balaban J connectivity index is 1.70. The average Bonchev–Trinajstić information content (AvgIpc) is 2.78. The Kier molecular flexibility index (Phi) is 8.46. The van der Waals surface area contributed by atoms with E-state index >= 15 is 0 Å². The van der Waals surface area contributed by atoms with E-state index in [9.17, 15) is 23.8 Å². The Bertz CT molecular complexity index is 1060. The van der Waals surface area contributed by atoms with Crippen LogP contribution in [0.2, 0.25) is 0 Å². The highest BCUT2D eigenvalue weighted by molar-refractivity contribution is 5.94. The Labute approximate surface area is 191 Å². The largest absolute Gasteiger partial charge is 0.493 e. The molecule has 0 fully saturated rings. The number of halogens is 2. The maximum absolute atomic E-state index is 13.7. The van der Waals surface area contributed by atoms with Crippen LogP contribution in [0.5, 0.6) is 5.88 Å². The van der Waals surface area contributed by atoms with Gasteiger partial charge in [-0.1, -0.05) is 31.2 Å². The fourth-order valence-electron chi connectivity index (χ4n) is 3.50. The zero-order valence-corrected chi connectivity index (χ0v) is 18.3. The van der Waals surface area contributed by atoms with Crippen molar-refractivity contribution in [1.82, 2.24) is 15.6 Å². The highest BCUT2D eigenvalue weighted by Crippen LogP contribution is 2.13. The molecule has 0 aliphatic rings. The third kappa shape index (κ3) is 7.34. The predicted molar refractivity (Wildman–Crippen MR) is 121 cm³/mol. The van der Waals surface area contributed by atoms with Crippen molar-refractivity contribution >= 4 is 5.91 Å². The molecule has 1 amide bonds. The smallest absolute Gasteiger partial charge is 0.253 e. The molecule has 4 N–H and O–H groups in total. The Morgan fingerprint density at radius 1 is 1.03 bits per heavy atom. The van der Waals surface area contributed by atoms with Crippen LogP contribution in [0.3, 0.4) is 0 Å². The first-order valence-electron chi connectivity index (χ1n) is 10.7. The number of hydrogen-bond donors (Lipinski definition) is 4. The molecule has 1 aromatic heterocycles. The number of nitrogens with one attached hydrogen (secondary N) is 2. The highest BCUT2D eigenvalue weighted by Gasteiger charge is 2.23. The minimum Gasteiger partial charge on any atom is -0.493 e. The molecule has 8 heteroatoms. The van der Waals surface area contributed by atoms with Gasteiger partial charge in [0.05, 0.1) is 17.7 Å². The van der Waals surface area contributed by atoms with E-state index in [4.69, 9.17) is 0 Å². The van der Waals surface area contributed by atoms with Crippen molar-refractivity contribution in [3.8, 4) is 5.88 Å². The standard InChI is InChI=1S/C25H27F2N3O3/c1-2-16-4-3-5-17(8-16)13-28-15-23(31)22(11-18-9-20(26)12-21(27)10-18)30-25(33)19-6-7-24(32)29-14-19/h3-10,12,14,22-23,28,31H,2,11,13,15H2,1H3,(H,29,32)(H,30,33)/t22-,23+/m0/s1. The Morgan fingerprint density at radius 3 is 2.42 bits per heavy atom. The quantitative estimate of drug-likeness (QED) is 0.377. The molecule has 0 saturated heterocycles. The van der Waals surface area contributed by atoms with Crippen LogP contribution in [-0.2, 0) is 19.4 Å². The van der Waals surface area contributed by atoms with Crippen LogP contribution < -0.4 is 10.6 Å². The van der Waals surface area contributed by atoms with Gasteiger partial charge in [0, 0.05) is 31.4 Å². The summed E-state index contributed by atoms with van der Waals surface area (Å²) < 4.78 is 27.3. The van der Waals surface area contributed by atoms with Crippen molar-refractivity contribution in [3.05, 3.63) is 94.7 Å². The first-order chi connectivity index (χ1) is 15.8. The van der Waals surface area contributed by atoms with Crippen molar-refractivity contribution in [2.45, 2.75) is 38.5 Å². The van der Waals surface area contributed by atoms with E-state index in [-0.39, 0.29) is 24.4 Å². The minimum absolute atomic E-state index is 0.0140. The van der Waals surface area contributed by atoms with Crippen molar-refractivity contribution in [3.63, 3.8) is 0 Å². The second-order valence-corrected chi connectivity index (χ2v) is 7.84. The van der Waals surface area contributed by atoms with Gasteiger partial charge < -0.3 is 20.8 Å². The van der Waals surface area contributed by atoms with Gasteiger partial charge in [0.15, 0.2) is 0 Å². The number of rotatable bonds is 10. The van der Waals surface area contributed by atoms with Gasteiger partial charge in [-0.05, 0) is 47.7 Å². The maximum Gasteiger partial charge on any atom is 0.253 e. The molecule has 2 atom stereocenters. The number of aryl methyl sites for hydroxylation is 1. The van der Waals surface area contributed by atoms with E-state index in [1.54, 1.807) is 0 Å². The number of aromatic nitrogens is 1. The monoisotopic (exact) mass is 455 g/mol. The number of nitrogens with zero attached hydrogens (tertiary/aromatic N) is 1. The molecule has 0 unspecified atom stereocenters. The van der Waals surface area contributed by atoms with Crippen LogP contribution in [0.25, 0.3) is 0 Å². The van der Waals surface area contributed by atoms with Gasteiger partial charge in [0.25, 0.3) is 5.91 Å². The second-order valence-electron chi connectivity index (χ2n) is 7.84. The fraction of sp³-hybridized carbons (Fsp3) is 0.280. The average molecular weight is 456 g/mol. The number of pyridine rings is 1. The van der Waals surface area contributed by atoms with Crippen LogP contribution in [0, 0.1) is 11.6 Å². The molecule has 33 heavy (non-hydrogen) atoms. The number of benzene rings is 2.